The fraction of sp³-hybridized carbons (Fsp3) is 0.471. The molecule has 2 aromatic rings. The third kappa shape index (κ3) is 4.13. The Labute approximate surface area is 147 Å². The quantitative estimate of drug-likeness (QED) is 0.871. The maximum atomic E-state index is 12.5. The summed E-state index contributed by atoms with van der Waals surface area (Å²) in [4.78, 5) is 20.9. The van der Waals surface area contributed by atoms with Crippen molar-refractivity contribution in [2.75, 3.05) is 19.3 Å². The van der Waals surface area contributed by atoms with Gasteiger partial charge in [-0.05, 0) is 31.4 Å². The van der Waals surface area contributed by atoms with Crippen molar-refractivity contribution in [1.82, 2.24) is 19.6 Å². The molecule has 0 radical (unpaired) electrons. The van der Waals surface area contributed by atoms with E-state index in [2.05, 4.69) is 15.3 Å². The summed E-state index contributed by atoms with van der Waals surface area (Å²) in [5.41, 5.74) is 1.72. The Kier molecular flexibility index (Phi) is 5.29. The van der Waals surface area contributed by atoms with Crippen molar-refractivity contribution in [1.29, 1.82) is 0 Å². The van der Waals surface area contributed by atoms with Crippen LogP contribution in [-0.4, -0.2) is 54.0 Å². The lowest BCUT2D eigenvalue weighted by Crippen LogP contribution is -2.44. The molecule has 1 N–H and O–H groups in total. The van der Waals surface area contributed by atoms with Gasteiger partial charge in [0.1, 0.15) is 5.52 Å². The molecule has 25 heavy (non-hydrogen) atoms. The van der Waals surface area contributed by atoms with Gasteiger partial charge in [0.15, 0.2) is 0 Å². The van der Waals surface area contributed by atoms with Crippen molar-refractivity contribution in [2.24, 2.45) is 0 Å². The van der Waals surface area contributed by atoms with Crippen LogP contribution in [0.4, 0.5) is 0 Å². The van der Waals surface area contributed by atoms with Gasteiger partial charge in [-0.3, -0.25) is 14.8 Å². The van der Waals surface area contributed by atoms with Gasteiger partial charge >= 0.3 is 0 Å². The summed E-state index contributed by atoms with van der Waals surface area (Å²) in [5.74, 6) is -0.215. The van der Waals surface area contributed by atoms with E-state index in [1.54, 1.807) is 28.8 Å². The first-order chi connectivity index (χ1) is 12.0. The highest BCUT2D eigenvalue weighted by Crippen LogP contribution is 2.22. The summed E-state index contributed by atoms with van der Waals surface area (Å²) in [5, 5.41) is 2.88. The number of rotatable bonds is 5. The second-order valence-corrected chi connectivity index (χ2v) is 8.23. The second kappa shape index (κ2) is 7.45. The molecular formula is C17H22N4O3S. The third-order valence-corrected chi connectivity index (χ3v) is 5.84. The van der Waals surface area contributed by atoms with Gasteiger partial charge in [0.05, 0.1) is 17.3 Å². The monoisotopic (exact) mass is 362 g/mol. The van der Waals surface area contributed by atoms with Crippen molar-refractivity contribution in [3.05, 3.63) is 36.2 Å². The van der Waals surface area contributed by atoms with E-state index in [4.69, 9.17) is 0 Å². The Hall–Kier alpha value is -2.06. The number of hydrogen-bond donors (Lipinski definition) is 1. The molecule has 0 saturated carbocycles. The molecule has 0 spiro atoms. The smallest absolute Gasteiger partial charge is 0.253 e. The first kappa shape index (κ1) is 17.8. The predicted molar refractivity (Wildman–Crippen MR) is 95.7 cm³/mol. The Morgan fingerprint density at radius 3 is 2.88 bits per heavy atom. The van der Waals surface area contributed by atoms with Crippen LogP contribution < -0.4 is 5.32 Å². The number of fused-ring (bicyclic) bond motifs is 1. The number of nitrogens with zero attached hydrogens (tertiary/aromatic N) is 3. The average Bonchev–Trinajstić information content (AvgIpc) is 2.60. The Balaban J connectivity index is 1.64. The summed E-state index contributed by atoms with van der Waals surface area (Å²) in [6, 6.07) is 5.26. The minimum absolute atomic E-state index is 0.0450. The van der Waals surface area contributed by atoms with E-state index >= 15 is 0 Å². The van der Waals surface area contributed by atoms with Gasteiger partial charge in [-0.25, -0.2) is 8.42 Å². The molecule has 3 rings (SSSR count). The number of para-hydroxylation sites is 1. The lowest BCUT2D eigenvalue weighted by atomic mass is 10.0. The van der Waals surface area contributed by atoms with Crippen LogP contribution in [0.25, 0.3) is 11.0 Å². The predicted octanol–water partition coefficient (Wildman–Crippen LogP) is 1.56. The third-order valence-electron chi connectivity index (χ3n) is 4.51. The zero-order valence-electron chi connectivity index (χ0n) is 14.2. The van der Waals surface area contributed by atoms with Crippen molar-refractivity contribution in [3.8, 4) is 0 Å². The van der Waals surface area contributed by atoms with Gasteiger partial charge in [-0.2, -0.15) is 4.31 Å². The average molecular weight is 362 g/mol. The first-order valence-electron chi connectivity index (χ1n) is 8.41. The van der Waals surface area contributed by atoms with Gasteiger partial charge in [0.25, 0.3) is 5.91 Å². The van der Waals surface area contributed by atoms with E-state index in [0.29, 0.717) is 36.1 Å². The van der Waals surface area contributed by atoms with Gasteiger partial charge in [0, 0.05) is 31.5 Å². The maximum absolute atomic E-state index is 12.5. The molecule has 1 saturated heterocycles. The SMILES string of the molecule is CS(=O)(=O)N1CCCC[C@@H]1CCNC(=O)c1cccc2nccnc12. The molecule has 1 aromatic heterocycles. The number of sulfonamides is 1. The number of benzene rings is 1. The molecule has 1 atom stereocenters. The van der Waals surface area contributed by atoms with Gasteiger partial charge in [0.2, 0.25) is 10.0 Å². The van der Waals surface area contributed by atoms with Crippen molar-refractivity contribution < 1.29 is 13.2 Å². The first-order valence-corrected chi connectivity index (χ1v) is 10.3. The number of carbonyl (C=O) groups excluding carboxylic acids is 1. The number of amides is 1. The van der Waals surface area contributed by atoms with Crippen LogP contribution >= 0.6 is 0 Å². The molecule has 1 fully saturated rings. The molecule has 1 amide bonds. The minimum Gasteiger partial charge on any atom is -0.352 e. The second-order valence-electron chi connectivity index (χ2n) is 6.30. The lowest BCUT2D eigenvalue weighted by Gasteiger charge is -2.33. The molecule has 1 aliphatic rings. The minimum atomic E-state index is -3.20. The van der Waals surface area contributed by atoms with E-state index in [0.717, 1.165) is 19.3 Å². The van der Waals surface area contributed by atoms with Crippen LogP contribution in [0.15, 0.2) is 30.6 Å². The molecule has 1 aromatic carbocycles. The number of carbonyl (C=O) groups is 1. The van der Waals surface area contributed by atoms with Crippen LogP contribution in [0.2, 0.25) is 0 Å². The fourth-order valence-electron chi connectivity index (χ4n) is 3.32. The number of nitrogens with one attached hydrogen (secondary N) is 1. The Morgan fingerprint density at radius 2 is 2.08 bits per heavy atom. The summed E-state index contributed by atoms with van der Waals surface area (Å²) < 4.78 is 25.3. The van der Waals surface area contributed by atoms with Crippen molar-refractivity contribution in [3.63, 3.8) is 0 Å². The van der Waals surface area contributed by atoms with Gasteiger partial charge < -0.3 is 5.32 Å². The highest BCUT2D eigenvalue weighted by Gasteiger charge is 2.28. The number of aromatic nitrogens is 2. The molecule has 7 nitrogen and oxygen atoms in total. The standard InChI is InChI=1S/C17H22N4O3S/c1-25(23,24)21-12-3-2-5-13(21)8-9-20-17(22)14-6-4-7-15-16(14)19-11-10-18-15/h4,6-7,10-11,13H,2-3,5,8-9,12H2,1H3,(H,20,22)/t13-/m1/s1. The molecule has 8 heteroatoms. The van der Waals surface area contributed by atoms with Crippen molar-refractivity contribution in [2.45, 2.75) is 31.7 Å². The van der Waals surface area contributed by atoms with Gasteiger partial charge in [-0.15, -0.1) is 0 Å². The molecule has 2 heterocycles. The van der Waals surface area contributed by atoms with E-state index in [-0.39, 0.29) is 11.9 Å². The van der Waals surface area contributed by atoms with Crippen LogP contribution in [0.3, 0.4) is 0 Å². The zero-order chi connectivity index (χ0) is 17.9. The van der Waals surface area contributed by atoms with Crippen LogP contribution in [-0.2, 0) is 10.0 Å². The van der Waals surface area contributed by atoms with E-state index in [1.807, 2.05) is 6.07 Å². The van der Waals surface area contributed by atoms with Crippen LogP contribution in [0, 0.1) is 0 Å². The van der Waals surface area contributed by atoms with E-state index in [9.17, 15) is 13.2 Å². The molecule has 134 valence electrons. The largest absolute Gasteiger partial charge is 0.352 e. The molecule has 0 unspecified atom stereocenters. The Morgan fingerprint density at radius 1 is 1.28 bits per heavy atom. The molecular weight excluding hydrogens is 340 g/mol. The zero-order valence-corrected chi connectivity index (χ0v) is 15.0. The molecule has 0 aliphatic carbocycles. The summed E-state index contributed by atoms with van der Waals surface area (Å²) in [6.07, 6.45) is 7.75. The van der Waals surface area contributed by atoms with E-state index < -0.39 is 10.0 Å². The van der Waals surface area contributed by atoms with E-state index in [1.165, 1.54) is 6.26 Å². The topological polar surface area (TPSA) is 92.3 Å². The maximum Gasteiger partial charge on any atom is 0.253 e. The highest BCUT2D eigenvalue weighted by atomic mass is 32.2. The highest BCUT2D eigenvalue weighted by molar-refractivity contribution is 7.88. The summed E-state index contributed by atoms with van der Waals surface area (Å²) in [6.45, 7) is 0.989. The van der Waals surface area contributed by atoms with Crippen LogP contribution in [0.5, 0.6) is 0 Å². The van der Waals surface area contributed by atoms with Crippen molar-refractivity contribution >= 4 is 27.0 Å². The molecule has 1 aliphatic heterocycles. The normalized spacial score (nSPS) is 19.0. The lowest BCUT2D eigenvalue weighted by molar-refractivity contribution is 0.0951. The molecule has 0 bridgehead atoms. The van der Waals surface area contributed by atoms with Gasteiger partial charge in [-0.1, -0.05) is 12.5 Å². The summed E-state index contributed by atoms with van der Waals surface area (Å²) in [7, 11) is -3.20. The van der Waals surface area contributed by atoms with Crippen LogP contribution in [0.1, 0.15) is 36.0 Å². The summed E-state index contributed by atoms with van der Waals surface area (Å²) >= 11 is 0. The number of hydrogen-bond acceptors (Lipinski definition) is 5. The fourth-order valence-corrected chi connectivity index (χ4v) is 4.54. The number of piperidine rings is 1. The Bertz CT molecular complexity index is 864.